The van der Waals surface area contributed by atoms with Gasteiger partial charge >= 0.3 is 0 Å². The summed E-state index contributed by atoms with van der Waals surface area (Å²) >= 11 is 0. The molecule has 2 N–H and O–H groups in total. The molecule has 0 fully saturated rings. The number of hydrogen-bond donors (Lipinski definition) is 2. The van der Waals surface area contributed by atoms with E-state index in [2.05, 4.69) is 10.3 Å². The number of nitro benzene ring substituents is 1. The number of carbonyl (C=O) groups is 1. The van der Waals surface area contributed by atoms with Gasteiger partial charge in [0.2, 0.25) is 0 Å². The van der Waals surface area contributed by atoms with Crippen molar-refractivity contribution in [2.24, 2.45) is 0 Å². The molecule has 1 amide bonds. The molecular weight excluding hydrogens is 262 g/mol. The lowest BCUT2D eigenvalue weighted by molar-refractivity contribution is -0.383. The molecule has 7 nitrogen and oxygen atoms in total. The van der Waals surface area contributed by atoms with Crippen molar-refractivity contribution >= 4 is 22.5 Å². The van der Waals surface area contributed by atoms with Crippen LogP contribution < -0.4 is 5.32 Å². The van der Waals surface area contributed by atoms with E-state index < -0.39 is 16.9 Å². The van der Waals surface area contributed by atoms with Crippen molar-refractivity contribution in [2.45, 2.75) is 13.0 Å². The SMILES string of the molecule is CC(CO)NC(=O)c1ccc([N+](=O)[O-])c2cccnc12. The van der Waals surface area contributed by atoms with E-state index in [0.29, 0.717) is 5.39 Å². The Hall–Kier alpha value is -2.54. The zero-order chi connectivity index (χ0) is 14.7. The van der Waals surface area contributed by atoms with Crippen LogP contribution in [0.5, 0.6) is 0 Å². The summed E-state index contributed by atoms with van der Waals surface area (Å²) in [7, 11) is 0. The highest BCUT2D eigenvalue weighted by atomic mass is 16.6. The van der Waals surface area contributed by atoms with Crippen LogP contribution in [0.15, 0.2) is 30.5 Å². The Labute approximate surface area is 114 Å². The van der Waals surface area contributed by atoms with Crippen LogP contribution in [0, 0.1) is 10.1 Å². The van der Waals surface area contributed by atoms with Crippen molar-refractivity contribution in [1.29, 1.82) is 0 Å². The summed E-state index contributed by atoms with van der Waals surface area (Å²) in [4.78, 5) is 26.6. The van der Waals surface area contributed by atoms with Gasteiger partial charge in [-0.3, -0.25) is 19.9 Å². The number of amides is 1. The standard InChI is InChI=1S/C13H13N3O4/c1-8(7-17)15-13(18)10-4-5-11(16(19)20)9-3-2-6-14-12(9)10/h2-6,8,17H,7H2,1H3,(H,15,18). The van der Waals surface area contributed by atoms with Crippen molar-refractivity contribution in [1.82, 2.24) is 10.3 Å². The number of aromatic nitrogens is 1. The van der Waals surface area contributed by atoms with Crippen molar-refractivity contribution in [3.63, 3.8) is 0 Å². The molecule has 0 aliphatic rings. The van der Waals surface area contributed by atoms with Crippen LogP contribution in [0.2, 0.25) is 0 Å². The predicted octanol–water partition coefficient (Wildman–Crippen LogP) is 1.25. The minimum absolute atomic E-state index is 0.0974. The summed E-state index contributed by atoms with van der Waals surface area (Å²) in [5.41, 5.74) is 0.413. The molecule has 20 heavy (non-hydrogen) atoms. The maximum atomic E-state index is 12.1. The van der Waals surface area contributed by atoms with Gasteiger partial charge in [-0.05, 0) is 25.1 Å². The Morgan fingerprint density at radius 3 is 2.90 bits per heavy atom. The number of fused-ring (bicyclic) bond motifs is 1. The van der Waals surface area contributed by atoms with E-state index in [1.54, 1.807) is 19.1 Å². The summed E-state index contributed by atoms with van der Waals surface area (Å²) < 4.78 is 0. The first kappa shape index (κ1) is 13.9. The normalized spacial score (nSPS) is 12.1. The Balaban J connectivity index is 2.53. The molecule has 0 spiro atoms. The molecule has 1 atom stereocenters. The number of aliphatic hydroxyl groups excluding tert-OH is 1. The lowest BCUT2D eigenvalue weighted by Gasteiger charge is -2.11. The van der Waals surface area contributed by atoms with Crippen molar-refractivity contribution in [3.05, 3.63) is 46.1 Å². The highest BCUT2D eigenvalue weighted by Gasteiger charge is 2.19. The van der Waals surface area contributed by atoms with Crippen LogP contribution >= 0.6 is 0 Å². The van der Waals surface area contributed by atoms with Gasteiger partial charge in [-0.15, -0.1) is 0 Å². The van der Waals surface area contributed by atoms with Crippen LogP contribution in [-0.4, -0.2) is 33.6 Å². The summed E-state index contributed by atoms with van der Waals surface area (Å²) in [6, 6.07) is 5.37. The van der Waals surface area contributed by atoms with E-state index in [1.807, 2.05) is 0 Å². The van der Waals surface area contributed by atoms with E-state index in [1.165, 1.54) is 18.3 Å². The molecular formula is C13H13N3O4. The van der Waals surface area contributed by atoms with Crippen molar-refractivity contribution in [2.75, 3.05) is 6.61 Å². The molecule has 0 saturated carbocycles. The number of non-ortho nitro benzene ring substituents is 1. The number of hydrogen-bond acceptors (Lipinski definition) is 5. The van der Waals surface area contributed by atoms with Crippen molar-refractivity contribution in [3.8, 4) is 0 Å². The molecule has 104 valence electrons. The van der Waals surface area contributed by atoms with E-state index in [0.717, 1.165) is 0 Å². The third kappa shape index (κ3) is 2.57. The minimum Gasteiger partial charge on any atom is -0.394 e. The molecule has 1 heterocycles. The number of pyridine rings is 1. The number of carbonyl (C=O) groups excluding carboxylic acids is 1. The first-order chi connectivity index (χ1) is 9.54. The zero-order valence-corrected chi connectivity index (χ0v) is 10.7. The largest absolute Gasteiger partial charge is 0.394 e. The Morgan fingerprint density at radius 2 is 2.25 bits per heavy atom. The lowest BCUT2D eigenvalue weighted by atomic mass is 10.1. The Bertz CT molecular complexity index is 672. The first-order valence-corrected chi connectivity index (χ1v) is 5.98. The predicted molar refractivity (Wildman–Crippen MR) is 72.4 cm³/mol. The smallest absolute Gasteiger partial charge is 0.278 e. The van der Waals surface area contributed by atoms with Gasteiger partial charge in [-0.2, -0.15) is 0 Å². The summed E-state index contributed by atoms with van der Waals surface area (Å²) in [5, 5.41) is 22.8. The summed E-state index contributed by atoms with van der Waals surface area (Å²) in [5.74, 6) is -0.426. The quantitative estimate of drug-likeness (QED) is 0.645. The molecule has 1 aromatic carbocycles. The van der Waals surface area contributed by atoms with Gasteiger partial charge in [-0.25, -0.2) is 0 Å². The van der Waals surface area contributed by atoms with Crippen molar-refractivity contribution < 1.29 is 14.8 Å². The second kappa shape index (κ2) is 5.62. The number of rotatable bonds is 4. The summed E-state index contributed by atoms with van der Waals surface area (Å²) in [6.07, 6.45) is 1.47. The van der Waals surface area contributed by atoms with Crippen LogP contribution in [0.4, 0.5) is 5.69 Å². The highest BCUT2D eigenvalue weighted by molar-refractivity contribution is 6.07. The first-order valence-electron chi connectivity index (χ1n) is 5.98. The molecule has 1 aromatic heterocycles. The Morgan fingerprint density at radius 1 is 1.50 bits per heavy atom. The molecule has 0 radical (unpaired) electrons. The molecule has 0 aliphatic heterocycles. The molecule has 0 saturated heterocycles. The molecule has 0 aliphatic carbocycles. The van der Waals surface area contributed by atoms with Gasteiger partial charge in [0.1, 0.15) is 0 Å². The van der Waals surface area contributed by atoms with E-state index in [4.69, 9.17) is 5.11 Å². The fraction of sp³-hybridized carbons (Fsp3) is 0.231. The monoisotopic (exact) mass is 275 g/mol. The molecule has 2 aromatic rings. The molecule has 0 bridgehead atoms. The van der Waals surface area contributed by atoms with E-state index in [-0.39, 0.29) is 23.4 Å². The van der Waals surface area contributed by atoms with Gasteiger partial charge in [0.05, 0.1) is 28.0 Å². The van der Waals surface area contributed by atoms with Gasteiger partial charge < -0.3 is 10.4 Å². The van der Waals surface area contributed by atoms with Crippen LogP contribution in [0.1, 0.15) is 17.3 Å². The number of nitrogens with one attached hydrogen (secondary N) is 1. The van der Waals surface area contributed by atoms with Gasteiger partial charge in [-0.1, -0.05) is 0 Å². The topological polar surface area (TPSA) is 105 Å². The number of nitro groups is 1. The molecule has 7 heteroatoms. The number of aliphatic hydroxyl groups is 1. The third-order valence-corrected chi connectivity index (χ3v) is 2.84. The minimum atomic E-state index is -0.512. The van der Waals surface area contributed by atoms with E-state index >= 15 is 0 Å². The zero-order valence-electron chi connectivity index (χ0n) is 10.7. The fourth-order valence-corrected chi connectivity index (χ4v) is 1.85. The van der Waals surface area contributed by atoms with Gasteiger partial charge in [0.25, 0.3) is 11.6 Å². The van der Waals surface area contributed by atoms with Gasteiger partial charge in [0, 0.05) is 18.3 Å². The molecule has 1 unspecified atom stereocenters. The highest BCUT2D eigenvalue weighted by Crippen LogP contribution is 2.26. The maximum Gasteiger partial charge on any atom is 0.278 e. The maximum absolute atomic E-state index is 12.1. The van der Waals surface area contributed by atoms with E-state index in [9.17, 15) is 14.9 Å². The third-order valence-electron chi connectivity index (χ3n) is 2.84. The average molecular weight is 275 g/mol. The second-order valence-corrected chi connectivity index (χ2v) is 4.35. The van der Waals surface area contributed by atoms with Crippen LogP contribution in [0.3, 0.4) is 0 Å². The Kier molecular flexibility index (Phi) is 3.90. The number of nitrogens with zero attached hydrogens (tertiary/aromatic N) is 2. The second-order valence-electron chi connectivity index (χ2n) is 4.35. The average Bonchev–Trinajstić information content (AvgIpc) is 2.45. The lowest BCUT2D eigenvalue weighted by Crippen LogP contribution is -2.35. The van der Waals surface area contributed by atoms with Crippen LogP contribution in [-0.2, 0) is 0 Å². The summed E-state index contributed by atoms with van der Waals surface area (Å²) in [6.45, 7) is 1.46. The molecule has 2 rings (SSSR count). The fourth-order valence-electron chi connectivity index (χ4n) is 1.85. The van der Waals surface area contributed by atoms with Gasteiger partial charge in [0.15, 0.2) is 0 Å². The van der Waals surface area contributed by atoms with Crippen LogP contribution in [0.25, 0.3) is 10.9 Å². The number of benzene rings is 1.